The van der Waals surface area contributed by atoms with E-state index in [2.05, 4.69) is 48.0 Å². The summed E-state index contributed by atoms with van der Waals surface area (Å²) < 4.78 is 28.0. The zero-order valence-electron chi connectivity index (χ0n) is 24.3. The van der Waals surface area contributed by atoms with Crippen molar-refractivity contribution >= 4 is 52.6 Å². The lowest BCUT2D eigenvalue weighted by molar-refractivity contribution is 0.237. The van der Waals surface area contributed by atoms with Gasteiger partial charge in [-0.2, -0.15) is 11.8 Å². The second-order valence-electron chi connectivity index (χ2n) is 9.58. The molecule has 1 aliphatic rings. The quantitative estimate of drug-likeness (QED) is 0.125. The van der Waals surface area contributed by atoms with Crippen LogP contribution in [0.2, 0.25) is 5.02 Å². The Hall–Kier alpha value is -1.19. The number of thioether (sulfide) groups is 1. The summed E-state index contributed by atoms with van der Waals surface area (Å²) in [7, 11) is 4.16. The number of aromatic nitrogens is 2. The van der Waals surface area contributed by atoms with Crippen LogP contribution in [-0.4, -0.2) is 72.6 Å². The van der Waals surface area contributed by atoms with E-state index in [0.29, 0.717) is 24.2 Å². The first-order valence-corrected chi connectivity index (χ1v) is 18.6. The topological polar surface area (TPSA) is 76.7 Å². The smallest absolute Gasteiger partial charge is 0.389 e. The molecule has 1 aromatic carbocycles. The molecule has 3 aromatic rings. The highest BCUT2D eigenvalue weighted by atomic mass is 35.5. The fraction of sp³-hybridized carbons (Fsp3) is 0.552. The average molecular weight is 628 g/mol. The van der Waals surface area contributed by atoms with Crippen molar-refractivity contribution in [3.8, 4) is 17.0 Å². The first kappa shape index (κ1) is 33.3. The van der Waals surface area contributed by atoms with Gasteiger partial charge in [-0.25, -0.2) is 9.55 Å². The molecule has 1 saturated carbocycles. The molecule has 222 valence electrons. The average Bonchev–Trinajstić information content (AvgIpc) is 3.70. The largest absolute Gasteiger partial charge is 0.494 e. The molecule has 1 fully saturated rings. The Balaban J connectivity index is 0.000000270. The number of ether oxygens (including phenoxy) is 1. The number of aromatic amines is 1. The van der Waals surface area contributed by atoms with Crippen molar-refractivity contribution in [2.45, 2.75) is 46.0 Å². The van der Waals surface area contributed by atoms with Crippen molar-refractivity contribution in [2.24, 2.45) is 0 Å². The fourth-order valence-electron chi connectivity index (χ4n) is 4.16. The Morgan fingerprint density at radius 2 is 1.80 bits per heavy atom. The zero-order valence-corrected chi connectivity index (χ0v) is 27.6. The minimum Gasteiger partial charge on any atom is -0.494 e. The lowest BCUT2D eigenvalue weighted by Crippen LogP contribution is -2.15. The molecule has 0 aliphatic heterocycles. The van der Waals surface area contributed by atoms with Crippen LogP contribution in [0.3, 0.4) is 0 Å². The molecule has 2 heterocycles. The van der Waals surface area contributed by atoms with E-state index in [9.17, 15) is 4.57 Å². The van der Waals surface area contributed by atoms with Gasteiger partial charge in [0.25, 0.3) is 0 Å². The molecule has 0 atom stereocenters. The molecule has 0 amide bonds. The first-order chi connectivity index (χ1) is 19.3. The third-order valence-corrected chi connectivity index (χ3v) is 11.4. The summed E-state index contributed by atoms with van der Waals surface area (Å²) in [5.41, 5.74) is 4.60. The summed E-state index contributed by atoms with van der Waals surface area (Å²) >= 11 is 9.31. The lowest BCUT2D eigenvalue weighted by atomic mass is 10.0. The maximum atomic E-state index is 11.9. The number of hydrogen-bond donors (Lipinski definition) is 1. The summed E-state index contributed by atoms with van der Waals surface area (Å²) in [4.78, 5) is 10.1. The molecule has 40 heavy (non-hydrogen) atoms. The van der Waals surface area contributed by atoms with Crippen molar-refractivity contribution in [1.82, 2.24) is 14.9 Å². The minimum absolute atomic E-state index is 0.436. The molecule has 1 N–H and O–H groups in total. The molecule has 0 saturated heterocycles. The summed E-state index contributed by atoms with van der Waals surface area (Å²) in [6.45, 7) is 5.55. The minimum atomic E-state index is -2.86. The van der Waals surface area contributed by atoms with Gasteiger partial charge in [-0.1, -0.05) is 18.5 Å². The number of pyridine rings is 1. The van der Waals surface area contributed by atoms with Gasteiger partial charge in [-0.05, 0) is 112 Å². The van der Waals surface area contributed by atoms with E-state index in [1.807, 2.05) is 43.8 Å². The maximum absolute atomic E-state index is 11.9. The molecule has 4 rings (SSSR count). The molecule has 7 nitrogen and oxygen atoms in total. The van der Waals surface area contributed by atoms with E-state index in [-0.39, 0.29) is 0 Å². The number of nitrogens with zero attached hydrogens (tertiary/aromatic N) is 2. The van der Waals surface area contributed by atoms with Crippen molar-refractivity contribution in [3.63, 3.8) is 0 Å². The third-order valence-electron chi connectivity index (χ3n) is 6.06. The summed E-state index contributed by atoms with van der Waals surface area (Å²) in [6.07, 6.45) is 5.19. The highest BCUT2D eigenvalue weighted by Gasteiger charge is 2.30. The van der Waals surface area contributed by atoms with Crippen LogP contribution in [0, 0.1) is 0 Å². The van der Waals surface area contributed by atoms with Gasteiger partial charge in [-0.3, -0.25) is 0 Å². The number of hydrogen-bond acceptors (Lipinski definition) is 8. The van der Waals surface area contributed by atoms with Gasteiger partial charge in [0.2, 0.25) is 0 Å². The van der Waals surface area contributed by atoms with Crippen molar-refractivity contribution < 1.29 is 18.3 Å². The number of H-pyrrole nitrogens is 1. The van der Waals surface area contributed by atoms with Crippen molar-refractivity contribution in [2.75, 3.05) is 57.7 Å². The molecule has 0 spiro atoms. The number of fused-ring (bicyclic) bond motifs is 1. The third kappa shape index (κ3) is 10.6. The predicted octanol–water partition coefficient (Wildman–Crippen LogP) is 8.75. The highest BCUT2D eigenvalue weighted by Crippen LogP contribution is 2.60. The predicted molar refractivity (Wildman–Crippen MR) is 173 cm³/mol. The molecule has 1 aliphatic carbocycles. The van der Waals surface area contributed by atoms with E-state index in [1.165, 1.54) is 35.4 Å². The van der Waals surface area contributed by atoms with Gasteiger partial charge in [0.15, 0.2) is 0 Å². The summed E-state index contributed by atoms with van der Waals surface area (Å²) in [5, 5.41) is 1.84. The van der Waals surface area contributed by atoms with Crippen molar-refractivity contribution in [3.05, 3.63) is 47.1 Å². The van der Waals surface area contributed by atoms with Crippen LogP contribution in [0.4, 0.5) is 0 Å². The van der Waals surface area contributed by atoms with Gasteiger partial charge in [-0.15, -0.1) is 0 Å². The van der Waals surface area contributed by atoms with E-state index >= 15 is 0 Å². The van der Waals surface area contributed by atoms with Gasteiger partial charge < -0.3 is 23.7 Å². The van der Waals surface area contributed by atoms with Gasteiger partial charge >= 0.3 is 6.80 Å². The highest BCUT2D eigenvalue weighted by molar-refractivity contribution is 8.55. The fourth-order valence-corrected chi connectivity index (χ4v) is 8.87. The lowest BCUT2D eigenvalue weighted by Gasteiger charge is -2.15. The number of halogens is 1. The van der Waals surface area contributed by atoms with E-state index in [1.54, 1.807) is 6.20 Å². The number of benzene rings is 1. The van der Waals surface area contributed by atoms with Crippen LogP contribution in [0.25, 0.3) is 22.3 Å². The first-order valence-electron chi connectivity index (χ1n) is 14.0. The molecule has 0 radical (unpaired) electrons. The van der Waals surface area contributed by atoms with E-state index < -0.39 is 6.80 Å². The van der Waals surface area contributed by atoms with Crippen LogP contribution in [0.1, 0.15) is 51.5 Å². The van der Waals surface area contributed by atoms with E-state index in [4.69, 9.17) is 25.4 Å². The van der Waals surface area contributed by atoms with Crippen LogP contribution in [0.15, 0.2) is 36.5 Å². The van der Waals surface area contributed by atoms with Crippen LogP contribution in [0.5, 0.6) is 5.75 Å². The Labute approximate surface area is 252 Å². The Bertz CT molecular complexity index is 1210. The van der Waals surface area contributed by atoms with Crippen LogP contribution in [-0.2, 0) is 13.6 Å². The molecule has 2 aromatic heterocycles. The number of rotatable bonds is 16. The second kappa shape index (κ2) is 17.1. The number of nitrogens with one attached hydrogen (secondary N) is 1. The maximum Gasteiger partial charge on any atom is 0.389 e. The van der Waals surface area contributed by atoms with Crippen molar-refractivity contribution in [1.29, 1.82) is 0 Å². The second-order valence-corrected chi connectivity index (χ2v) is 15.6. The Kier molecular flexibility index (Phi) is 14.2. The standard InChI is InChI=1S/C21H24ClN3O.C8H19O3PS2/c1-25(2)10-3-11-26-17-8-6-15(7-9-17)20-19(14-4-5-14)18-12-16(22)13-23-21(18)24-20;1-4-10-12(9,11-5-2)14-8-7-13-6-3/h6-9,12-14H,3-5,10-11H2,1-2H3,(H,23,24);4-8H2,1-3H3. The zero-order chi connectivity index (χ0) is 29.0. The molecule has 11 heteroatoms. The van der Waals surface area contributed by atoms with Gasteiger partial charge in [0.1, 0.15) is 11.4 Å². The van der Waals surface area contributed by atoms with Crippen LogP contribution >= 0.6 is 41.5 Å². The monoisotopic (exact) mass is 627 g/mol. The Morgan fingerprint density at radius 3 is 2.40 bits per heavy atom. The van der Waals surface area contributed by atoms with Gasteiger partial charge in [0.05, 0.1) is 30.5 Å². The molecular formula is C29H43ClN3O4PS2. The normalized spacial score (nSPS) is 13.5. The van der Waals surface area contributed by atoms with E-state index in [0.717, 1.165) is 59.3 Å². The molecular weight excluding hydrogens is 585 g/mol. The SMILES string of the molecule is CCOP(=O)(OCC)SCCSCC.CN(C)CCCOc1ccc(-c2[nH]c3ncc(Cl)cc3c2C2CC2)cc1. The summed E-state index contributed by atoms with van der Waals surface area (Å²) in [5.74, 6) is 4.42. The summed E-state index contributed by atoms with van der Waals surface area (Å²) in [6, 6.07) is 10.4. The molecule has 0 unspecified atom stereocenters. The van der Waals surface area contributed by atoms with Crippen LogP contribution < -0.4 is 4.74 Å². The Morgan fingerprint density at radius 1 is 1.10 bits per heavy atom. The molecule has 0 bridgehead atoms. The van der Waals surface area contributed by atoms with Gasteiger partial charge in [0, 0.05) is 29.6 Å².